The van der Waals surface area contributed by atoms with Gasteiger partial charge in [0, 0.05) is 12.7 Å². The lowest BCUT2D eigenvalue weighted by Crippen LogP contribution is -2.31. The summed E-state index contributed by atoms with van der Waals surface area (Å²) < 4.78 is 2.14. The van der Waals surface area contributed by atoms with Crippen LogP contribution in [-0.2, 0) is 6.42 Å². The lowest BCUT2D eigenvalue weighted by molar-refractivity contribution is 0.334. The molecule has 0 aliphatic heterocycles. The van der Waals surface area contributed by atoms with Crippen molar-refractivity contribution in [2.24, 2.45) is 5.41 Å². The second-order valence-electron chi connectivity index (χ2n) is 5.88. The first-order valence-electron chi connectivity index (χ1n) is 7.27. The topological polar surface area (TPSA) is 29.9 Å². The Morgan fingerprint density at radius 1 is 1.28 bits per heavy atom. The first-order chi connectivity index (χ1) is 8.52. The van der Waals surface area contributed by atoms with Crippen LogP contribution in [0, 0.1) is 5.41 Å². The summed E-state index contributed by atoms with van der Waals surface area (Å²) in [6, 6.07) is 2.72. The third-order valence-electron chi connectivity index (χ3n) is 3.49. The van der Waals surface area contributed by atoms with Crippen molar-refractivity contribution in [3.63, 3.8) is 0 Å². The van der Waals surface area contributed by atoms with Crippen molar-refractivity contribution in [3.8, 4) is 0 Å². The zero-order valence-electron chi connectivity index (χ0n) is 12.7. The van der Waals surface area contributed by atoms with Gasteiger partial charge in [-0.05, 0) is 37.3 Å². The van der Waals surface area contributed by atoms with Gasteiger partial charge in [0.15, 0.2) is 0 Å². The molecule has 0 unspecified atom stereocenters. The highest BCUT2D eigenvalue weighted by Crippen LogP contribution is 2.21. The largest absolute Gasteiger partial charge is 0.316 e. The standard InChI is InChI=1S/C15H29N3/c1-6-14(7-2)18-10-9-13(17-18)11-15(4,5)12-16-8-3/h9-10,14,16H,6-8,11-12H2,1-5H3. The Morgan fingerprint density at radius 2 is 1.94 bits per heavy atom. The van der Waals surface area contributed by atoms with Crippen molar-refractivity contribution in [3.05, 3.63) is 18.0 Å². The van der Waals surface area contributed by atoms with Crippen LogP contribution < -0.4 is 5.32 Å². The highest BCUT2D eigenvalue weighted by molar-refractivity contribution is 5.03. The summed E-state index contributed by atoms with van der Waals surface area (Å²) in [7, 11) is 0. The van der Waals surface area contributed by atoms with E-state index >= 15 is 0 Å². The Balaban J connectivity index is 2.63. The van der Waals surface area contributed by atoms with Crippen LogP contribution in [0.4, 0.5) is 0 Å². The molecule has 0 saturated heterocycles. The van der Waals surface area contributed by atoms with E-state index in [1.54, 1.807) is 0 Å². The molecule has 0 aliphatic carbocycles. The SMILES string of the molecule is CCNCC(C)(C)Cc1ccn(C(CC)CC)n1. The summed E-state index contributed by atoms with van der Waals surface area (Å²) in [5.41, 5.74) is 1.48. The van der Waals surface area contributed by atoms with Crippen molar-refractivity contribution in [2.75, 3.05) is 13.1 Å². The fraction of sp³-hybridized carbons (Fsp3) is 0.800. The minimum Gasteiger partial charge on any atom is -0.316 e. The molecule has 0 fully saturated rings. The summed E-state index contributed by atoms with van der Waals surface area (Å²) in [5, 5.41) is 8.16. The molecule has 104 valence electrons. The number of rotatable bonds is 8. The molecule has 0 radical (unpaired) electrons. The average Bonchev–Trinajstić information content (AvgIpc) is 2.76. The molecule has 0 amide bonds. The molecule has 18 heavy (non-hydrogen) atoms. The Kier molecular flexibility index (Phi) is 5.86. The third kappa shape index (κ3) is 4.45. The number of hydrogen-bond acceptors (Lipinski definition) is 2. The normalized spacial score (nSPS) is 12.3. The van der Waals surface area contributed by atoms with E-state index in [1.807, 2.05) is 0 Å². The van der Waals surface area contributed by atoms with Gasteiger partial charge in [-0.1, -0.05) is 34.6 Å². The minimum atomic E-state index is 0.267. The van der Waals surface area contributed by atoms with E-state index in [0.717, 1.165) is 32.4 Å². The lowest BCUT2D eigenvalue weighted by Gasteiger charge is -2.23. The summed E-state index contributed by atoms with van der Waals surface area (Å²) in [6.07, 6.45) is 5.47. The number of nitrogens with one attached hydrogen (secondary N) is 1. The van der Waals surface area contributed by atoms with E-state index in [1.165, 1.54) is 5.69 Å². The van der Waals surface area contributed by atoms with Crippen molar-refractivity contribution in [1.82, 2.24) is 15.1 Å². The fourth-order valence-corrected chi connectivity index (χ4v) is 2.35. The summed E-state index contributed by atoms with van der Waals surface area (Å²) in [4.78, 5) is 0. The molecule has 3 nitrogen and oxygen atoms in total. The molecule has 0 aliphatic rings. The first kappa shape index (κ1) is 15.2. The van der Waals surface area contributed by atoms with Gasteiger partial charge in [0.2, 0.25) is 0 Å². The second kappa shape index (κ2) is 6.93. The van der Waals surface area contributed by atoms with Crippen molar-refractivity contribution in [1.29, 1.82) is 0 Å². The van der Waals surface area contributed by atoms with Crippen molar-refractivity contribution < 1.29 is 0 Å². The number of nitrogens with zero attached hydrogens (tertiary/aromatic N) is 2. The van der Waals surface area contributed by atoms with Crippen LogP contribution in [0.2, 0.25) is 0 Å². The molecule has 0 spiro atoms. The molecular weight excluding hydrogens is 222 g/mol. The Morgan fingerprint density at radius 3 is 2.50 bits per heavy atom. The van der Waals surface area contributed by atoms with Gasteiger partial charge >= 0.3 is 0 Å². The lowest BCUT2D eigenvalue weighted by atomic mass is 9.88. The van der Waals surface area contributed by atoms with Crippen LogP contribution in [-0.4, -0.2) is 22.9 Å². The maximum Gasteiger partial charge on any atom is 0.0630 e. The van der Waals surface area contributed by atoms with Gasteiger partial charge < -0.3 is 5.32 Å². The van der Waals surface area contributed by atoms with Gasteiger partial charge in [-0.25, -0.2) is 0 Å². The quantitative estimate of drug-likeness (QED) is 0.767. The van der Waals surface area contributed by atoms with E-state index < -0.39 is 0 Å². The highest BCUT2D eigenvalue weighted by atomic mass is 15.3. The molecule has 0 atom stereocenters. The summed E-state index contributed by atoms with van der Waals surface area (Å²) in [6.45, 7) is 13.3. The molecular formula is C15H29N3. The van der Waals surface area contributed by atoms with E-state index in [-0.39, 0.29) is 5.41 Å². The molecule has 0 saturated carbocycles. The predicted octanol–water partition coefficient (Wildman–Crippen LogP) is 3.42. The van der Waals surface area contributed by atoms with E-state index in [0.29, 0.717) is 6.04 Å². The summed E-state index contributed by atoms with van der Waals surface area (Å²) >= 11 is 0. The molecule has 1 N–H and O–H groups in total. The third-order valence-corrected chi connectivity index (χ3v) is 3.49. The van der Waals surface area contributed by atoms with E-state index in [2.05, 4.69) is 56.9 Å². The molecule has 3 heteroatoms. The number of aromatic nitrogens is 2. The monoisotopic (exact) mass is 251 g/mol. The maximum absolute atomic E-state index is 4.73. The zero-order valence-corrected chi connectivity index (χ0v) is 12.7. The number of hydrogen-bond donors (Lipinski definition) is 1. The molecule has 1 heterocycles. The Bertz CT molecular complexity index is 337. The van der Waals surface area contributed by atoms with Gasteiger partial charge in [-0.2, -0.15) is 5.10 Å². The molecule has 0 aromatic carbocycles. The van der Waals surface area contributed by atoms with E-state index in [9.17, 15) is 0 Å². The van der Waals surface area contributed by atoms with Crippen LogP contribution in [0.3, 0.4) is 0 Å². The average molecular weight is 251 g/mol. The second-order valence-corrected chi connectivity index (χ2v) is 5.88. The van der Waals surface area contributed by atoms with Crippen LogP contribution in [0.5, 0.6) is 0 Å². The fourth-order valence-electron chi connectivity index (χ4n) is 2.35. The molecule has 1 rings (SSSR count). The van der Waals surface area contributed by atoms with Gasteiger partial charge in [0.1, 0.15) is 0 Å². The van der Waals surface area contributed by atoms with Crippen LogP contribution in [0.25, 0.3) is 0 Å². The smallest absolute Gasteiger partial charge is 0.0630 e. The maximum atomic E-state index is 4.73. The summed E-state index contributed by atoms with van der Waals surface area (Å²) in [5.74, 6) is 0. The minimum absolute atomic E-state index is 0.267. The zero-order chi connectivity index (χ0) is 13.6. The van der Waals surface area contributed by atoms with Gasteiger partial charge in [-0.15, -0.1) is 0 Å². The Hall–Kier alpha value is -0.830. The molecule has 0 bridgehead atoms. The van der Waals surface area contributed by atoms with Crippen molar-refractivity contribution >= 4 is 0 Å². The van der Waals surface area contributed by atoms with Gasteiger partial charge in [0.25, 0.3) is 0 Å². The molecule has 1 aromatic heterocycles. The first-order valence-corrected chi connectivity index (χ1v) is 7.27. The van der Waals surface area contributed by atoms with Crippen molar-refractivity contribution in [2.45, 2.75) is 59.9 Å². The Labute approximate surface area is 112 Å². The highest BCUT2D eigenvalue weighted by Gasteiger charge is 2.19. The predicted molar refractivity (Wildman–Crippen MR) is 77.9 cm³/mol. The van der Waals surface area contributed by atoms with Gasteiger partial charge in [-0.3, -0.25) is 4.68 Å². The van der Waals surface area contributed by atoms with Crippen LogP contribution in [0.15, 0.2) is 12.3 Å². The van der Waals surface area contributed by atoms with Gasteiger partial charge in [0.05, 0.1) is 11.7 Å². The molecule has 1 aromatic rings. The van der Waals surface area contributed by atoms with Crippen LogP contribution >= 0.6 is 0 Å². The van der Waals surface area contributed by atoms with Crippen LogP contribution in [0.1, 0.15) is 59.2 Å². The van der Waals surface area contributed by atoms with E-state index in [4.69, 9.17) is 5.10 Å².